The monoisotopic (exact) mass is 373 g/mol. The van der Waals surface area contributed by atoms with Crippen LogP contribution in [0.25, 0.3) is 22.3 Å². The summed E-state index contributed by atoms with van der Waals surface area (Å²) in [4.78, 5) is 0. The Balaban J connectivity index is 1.62. The zero-order valence-electron chi connectivity index (χ0n) is 15.3. The van der Waals surface area contributed by atoms with Gasteiger partial charge in [0.2, 0.25) is 0 Å². The molecule has 134 valence electrons. The summed E-state index contributed by atoms with van der Waals surface area (Å²) in [6, 6.07) is 18.2. The fourth-order valence-corrected chi connectivity index (χ4v) is 4.05. The van der Waals surface area contributed by atoms with Crippen LogP contribution in [0.4, 0.5) is 0 Å². The SMILES string of the molecule is CCn1cc(-c2nnc(SCc3ccc(C#N)cc3)n2C)c2ccccc21. The van der Waals surface area contributed by atoms with Crippen molar-refractivity contribution >= 4 is 22.7 Å². The van der Waals surface area contributed by atoms with Gasteiger partial charge >= 0.3 is 0 Å². The van der Waals surface area contributed by atoms with E-state index in [0.29, 0.717) is 5.56 Å². The van der Waals surface area contributed by atoms with Crippen molar-refractivity contribution in [2.24, 2.45) is 7.05 Å². The second kappa shape index (κ2) is 7.29. The molecule has 4 rings (SSSR count). The zero-order chi connectivity index (χ0) is 18.8. The Kier molecular flexibility index (Phi) is 4.69. The number of para-hydroxylation sites is 1. The fourth-order valence-electron chi connectivity index (χ4n) is 3.19. The normalized spacial score (nSPS) is 11.0. The molecule has 0 radical (unpaired) electrons. The van der Waals surface area contributed by atoms with Crippen LogP contribution in [0, 0.1) is 11.3 Å². The molecule has 0 saturated carbocycles. The summed E-state index contributed by atoms with van der Waals surface area (Å²) in [6.45, 7) is 3.06. The second-order valence-corrected chi connectivity index (χ2v) is 7.25. The third kappa shape index (κ3) is 3.22. The molecule has 0 atom stereocenters. The van der Waals surface area contributed by atoms with Crippen LogP contribution in [0.5, 0.6) is 0 Å². The number of nitrogens with zero attached hydrogens (tertiary/aromatic N) is 5. The first-order valence-electron chi connectivity index (χ1n) is 8.80. The van der Waals surface area contributed by atoms with Crippen molar-refractivity contribution in [1.29, 1.82) is 5.26 Å². The summed E-state index contributed by atoms with van der Waals surface area (Å²) in [6.07, 6.45) is 2.16. The highest BCUT2D eigenvalue weighted by molar-refractivity contribution is 7.98. The van der Waals surface area contributed by atoms with Crippen LogP contribution >= 0.6 is 11.8 Å². The maximum atomic E-state index is 8.90. The van der Waals surface area contributed by atoms with Gasteiger partial charge < -0.3 is 9.13 Å². The molecule has 0 fully saturated rings. The lowest BCUT2D eigenvalue weighted by Gasteiger charge is -2.04. The largest absolute Gasteiger partial charge is 0.347 e. The molecule has 0 aliphatic rings. The van der Waals surface area contributed by atoms with Gasteiger partial charge in [-0.05, 0) is 30.7 Å². The lowest BCUT2D eigenvalue weighted by atomic mass is 10.1. The molecule has 27 heavy (non-hydrogen) atoms. The minimum atomic E-state index is 0.678. The van der Waals surface area contributed by atoms with Crippen LogP contribution in [0.15, 0.2) is 59.9 Å². The van der Waals surface area contributed by atoms with Crippen LogP contribution in [-0.4, -0.2) is 19.3 Å². The molecule has 0 N–H and O–H groups in total. The highest BCUT2D eigenvalue weighted by Crippen LogP contribution is 2.31. The van der Waals surface area contributed by atoms with Gasteiger partial charge in [-0.3, -0.25) is 0 Å². The fraction of sp³-hybridized carbons (Fsp3) is 0.190. The van der Waals surface area contributed by atoms with Crippen molar-refractivity contribution in [3.8, 4) is 17.5 Å². The van der Waals surface area contributed by atoms with Gasteiger partial charge in [0.15, 0.2) is 11.0 Å². The molecule has 0 aliphatic heterocycles. The minimum Gasteiger partial charge on any atom is -0.347 e. The Bertz CT molecular complexity index is 1130. The van der Waals surface area contributed by atoms with E-state index in [9.17, 15) is 0 Å². The third-order valence-electron chi connectivity index (χ3n) is 4.66. The molecule has 2 aromatic heterocycles. The smallest absolute Gasteiger partial charge is 0.191 e. The van der Waals surface area contributed by atoms with Gasteiger partial charge in [-0.15, -0.1) is 10.2 Å². The van der Waals surface area contributed by atoms with Gasteiger partial charge in [0, 0.05) is 42.0 Å². The van der Waals surface area contributed by atoms with E-state index < -0.39 is 0 Å². The van der Waals surface area contributed by atoms with E-state index in [1.165, 1.54) is 10.9 Å². The van der Waals surface area contributed by atoms with Crippen molar-refractivity contribution in [3.05, 3.63) is 65.9 Å². The molecular formula is C21H19N5S. The number of hydrogen-bond donors (Lipinski definition) is 0. The van der Waals surface area contributed by atoms with Gasteiger partial charge in [0.25, 0.3) is 0 Å². The summed E-state index contributed by atoms with van der Waals surface area (Å²) in [5.74, 6) is 1.66. The van der Waals surface area contributed by atoms with Crippen LogP contribution in [0.3, 0.4) is 0 Å². The van der Waals surface area contributed by atoms with Gasteiger partial charge in [0.05, 0.1) is 11.6 Å². The van der Waals surface area contributed by atoms with E-state index in [4.69, 9.17) is 5.26 Å². The maximum absolute atomic E-state index is 8.90. The quantitative estimate of drug-likeness (QED) is 0.479. The molecule has 4 aromatic rings. The maximum Gasteiger partial charge on any atom is 0.191 e. The lowest BCUT2D eigenvalue weighted by Crippen LogP contribution is -1.95. The van der Waals surface area contributed by atoms with E-state index in [1.54, 1.807) is 11.8 Å². The third-order valence-corrected chi connectivity index (χ3v) is 5.75. The molecular weight excluding hydrogens is 354 g/mol. The topological polar surface area (TPSA) is 59.4 Å². The first-order valence-corrected chi connectivity index (χ1v) is 9.79. The Labute approximate surface area is 162 Å². The number of fused-ring (bicyclic) bond motifs is 1. The average Bonchev–Trinajstić information content (AvgIpc) is 3.27. The van der Waals surface area contributed by atoms with E-state index in [1.807, 2.05) is 31.3 Å². The van der Waals surface area contributed by atoms with Crippen molar-refractivity contribution in [2.75, 3.05) is 0 Å². The Morgan fingerprint density at radius 1 is 1.07 bits per heavy atom. The molecule has 2 aromatic carbocycles. The van der Waals surface area contributed by atoms with Gasteiger partial charge in [-0.2, -0.15) is 5.26 Å². The number of rotatable bonds is 5. The number of aryl methyl sites for hydroxylation is 1. The predicted octanol–water partition coefficient (Wildman–Crippen LogP) is 4.62. The first kappa shape index (κ1) is 17.4. The van der Waals surface area contributed by atoms with E-state index in [2.05, 4.69) is 62.8 Å². The summed E-state index contributed by atoms with van der Waals surface area (Å²) < 4.78 is 4.29. The van der Waals surface area contributed by atoms with Crippen molar-refractivity contribution < 1.29 is 0 Å². The van der Waals surface area contributed by atoms with Gasteiger partial charge in [0.1, 0.15) is 0 Å². The van der Waals surface area contributed by atoms with Gasteiger partial charge in [-0.1, -0.05) is 42.1 Å². The van der Waals surface area contributed by atoms with Crippen LogP contribution < -0.4 is 0 Å². The summed E-state index contributed by atoms with van der Waals surface area (Å²) in [7, 11) is 2.01. The molecule has 2 heterocycles. The molecule has 0 saturated heterocycles. The van der Waals surface area contributed by atoms with E-state index >= 15 is 0 Å². The highest BCUT2D eigenvalue weighted by atomic mass is 32.2. The first-order chi connectivity index (χ1) is 13.2. The molecule has 0 amide bonds. The van der Waals surface area contributed by atoms with Crippen LogP contribution in [0.2, 0.25) is 0 Å². The summed E-state index contributed by atoms with van der Waals surface area (Å²) in [5, 5.41) is 19.8. The van der Waals surface area contributed by atoms with Crippen molar-refractivity contribution in [3.63, 3.8) is 0 Å². The van der Waals surface area contributed by atoms with Gasteiger partial charge in [-0.25, -0.2) is 0 Å². The Hall–Kier alpha value is -3.04. The second-order valence-electron chi connectivity index (χ2n) is 6.31. The number of aromatic nitrogens is 4. The van der Waals surface area contributed by atoms with Crippen molar-refractivity contribution in [2.45, 2.75) is 24.4 Å². The zero-order valence-corrected chi connectivity index (χ0v) is 16.1. The highest BCUT2D eigenvalue weighted by Gasteiger charge is 2.16. The Morgan fingerprint density at radius 2 is 1.85 bits per heavy atom. The molecule has 0 spiro atoms. The van der Waals surface area contributed by atoms with Crippen molar-refractivity contribution in [1.82, 2.24) is 19.3 Å². The number of benzene rings is 2. The number of nitriles is 1. The summed E-state index contributed by atoms with van der Waals surface area (Å²) in [5.41, 5.74) is 4.15. The van der Waals surface area contributed by atoms with E-state index in [0.717, 1.165) is 34.4 Å². The molecule has 5 nitrogen and oxygen atoms in total. The molecule has 0 unspecified atom stereocenters. The number of thioether (sulfide) groups is 1. The lowest BCUT2D eigenvalue weighted by molar-refractivity contribution is 0.787. The summed E-state index contributed by atoms with van der Waals surface area (Å²) >= 11 is 1.65. The molecule has 0 aliphatic carbocycles. The molecule has 0 bridgehead atoms. The van der Waals surface area contributed by atoms with Crippen LogP contribution in [0.1, 0.15) is 18.1 Å². The number of hydrogen-bond acceptors (Lipinski definition) is 4. The van der Waals surface area contributed by atoms with E-state index in [-0.39, 0.29) is 0 Å². The molecule has 6 heteroatoms. The predicted molar refractivity (Wildman–Crippen MR) is 108 cm³/mol. The Morgan fingerprint density at radius 3 is 2.59 bits per heavy atom. The van der Waals surface area contributed by atoms with Crippen LogP contribution in [-0.2, 0) is 19.3 Å². The standard InChI is InChI=1S/C21H19N5S/c1-3-26-13-18(17-6-4-5-7-19(17)26)20-23-24-21(25(20)2)27-14-16-10-8-15(12-22)9-11-16/h4-11,13H,3,14H2,1-2H3. The average molecular weight is 373 g/mol. The minimum absolute atomic E-state index is 0.678.